The van der Waals surface area contributed by atoms with Gasteiger partial charge in [0, 0.05) is 5.69 Å². The molecule has 234 valence electrons. The van der Waals surface area contributed by atoms with Crippen molar-refractivity contribution in [2.45, 2.75) is 27.4 Å². The number of hydrogen-bond donors (Lipinski definition) is 2. The summed E-state index contributed by atoms with van der Waals surface area (Å²) in [6.45, 7) is 6.09. The smallest absolute Gasteiger partial charge is 0.335 e. The van der Waals surface area contributed by atoms with Gasteiger partial charge in [-0.15, -0.1) is 0 Å². The maximum atomic E-state index is 13.4. The number of carbonyl (C=O) groups excluding carboxylic acids is 4. The molecule has 1 aliphatic rings. The van der Waals surface area contributed by atoms with Crippen LogP contribution in [0.5, 0.6) is 17.2 Å². The number of barbiturate groups is 1. The lowest BCUT2D eigenvalue weighted by molar-refractivity contribution is -0.122. The summed E-state index contributed by atoms with van der Waals surface area (Å²) in [5.74, 6) is -0.765. The molecule has 1 fully saturated rings. The average molecular weight is 620 g/mol. The summed E-state index contributed by atoms with van der Waals surface area (Å²) in [5.41, 5.74) is 4.20. The Morgan fingerprint density at radius 2 is 1.61 bits per heavy atom. The van der Waals surface area contributed by atoms with Crippen LogP contribution < -0.4 is 29.7 Å². The molecule has 5 rings (SSSR count). The lowest BCUT2D eigenvalue weighted by Gasteiger charge is -2.26. The molecule has 1 saturated heterocycles. The van der Waals surface area contributed by atoms with E-state index < -0.39 is 17.8 Å². The van der Waals surface area contributed by atoms with E-state index in [1.807, 2.05) is 62.4 Å². The zero-order valence-corrected chi connectivity index (χ0v) is 25.7. The predicted molar refractivity (Wildman–Crippen MR) is 174 cm³/mol. The van der Waals surface area contributed by atoms with Gasteiger partial charge in [-0.25, -0.2) is 9.69 Å². The standard InChI is InChI=1S/C36H33N3O7/c1-4-44-32-20-26(13-18-31(32)46-22-33(40)37-30-12-8-9-23(2)24(30)3)19-29-34(41)38-36(43)39(35(29)42)27-14-16-28(17-15-27)45-21-25-10-6-5-7-11-25/h5-20H,4,21-22H2,1-3H3,(H,37,40)(H,38,41,43)/b29-19-. The molecule has 1 heterocycles. The number of aryl methyl sites for hydroxylation is 1. The van der Waals surface area contributed by atoms with Gasteiger partial charge < -0.3 is 19.5 Å². The molecule has 10 nitrogen and oxygen atoms in total. The zero-order valence-electron chi connectivity index (χ0n) is 25.7. The number of carbonyl (C=O) groups is 4. The number of nitrogens with zero attached hydrogens (tertiary/aromatic N) is 1. The largest absolute Gasteiger partial charge is 0.490 e. The fourth-order valence-corrected chi connectivity index (χ4v) is 4.71. The lowest BCUT2D eigenvalue weighted by Crippen LogP contribution is -2.54. The van der Waals surface area contributed by atoms with Gasteiger partial charge >= 0.3 is 6.03 Å². The molecular formula is C36H33N3O7. The molecule has 4 aromatic rings. The van der Waals surface area contributed by atoms with Crippen LogP contribution in [-0.4, -0.2) is 37.0 Å². The van der Waals surface area contributed by atoms with Crippen molar-refractivity contribution in [1.29, 1.82) is 0 Å². The van der Waals surface area contributed by atoms with Crippen LogP contribution in [0.1, 0.15) is 29.2 Å². The van der Waals surface area contributed by atoms with Gasteiger partial charge in [-0.2, -0.15) is 0 Å². The van der Waals surface area contributed by atoms with E-state index in [1.54, 1.807) is 49.4 Å². The summed E-state index contributed by atoms with van der Waals surface area (Å²) in [4.78, 5) is 52.4. The second kappa shape index (κ2) is 14.3. The molecule has 10 heteroatoms. The minimum absolute atomic E-state index is 0.243. The molecule has 0 atom stereocenters. The Labute approximate surface area is 266 Å². The molecule has 2 N–H and O–H groups in total. The third kappa shape index (κ3) is 7.41. The van der Waals surface area contributed by atoms with Crippen molar-refractivity contribution in [3.63, 3.8) is 0 Å². The van der Waals surface area contributed by atoms with E-state index in [-0.39, 0.29) is 23.8 Å². The molecule has 0 aromatic heterocycles. The van der Waals surface area contributed by atoms with Crippen LogP contribution in [0.2, 0.25) is 0 Å². The number of hydrogen-bond acceptors (Lipinski definition) is 7. The number of rotatable bonds is 11. The number of amides is 5. The quantitative estimate of drug-likeness (QED) is 0.157. The van der Waals surface area contributed by atoms with Gasteiger partial charge in [0.25, 0.3) is 17.7 Å². The Balaban J connectivity index is 1.29. The number of urea groups is 1. The van der Waals surface area contributed by atoms with Crippen LogP contribution in [0.15, 0.2) is 96.6 Å². The molecule has 1 aliphatic heterocycles. The normalized spacial score (nSPS) is 13.8. The van der Waals surface area contributed by atoms with Crippen LogP contribution in [0.3, 0.4) is 0 Å². The fourth-order valence-electron chi connectivity index (χ4n) is 4.71. The third-order valence-corrected chi connectivity index (χ3v) is 7.26. The Hall–Kier alpha value is -5.90. The summed E-state index contributed by atoms with van der Waals surface area (Å²) in [6.07, 6.45) is 1.37. The van der Waals surface area contributed by atoms with Gasteiger partial charge in [0.05, 0.1) is 12.3 Å². The van der Waals surface area contributed by atoms with Crippen molar-refractivity contribution in [1.82, 2.24) is 5.32 Å². The van der Waals surface area contributed by atoms with Gasteiger partial charge in [-0.1, -0.05) is 48.5 Å². The summed E-state index contributed by atoms with van der Waals surface area (Å²) >= 11 is 0. The molecule has 5 amide bonds. The summed E-state index contributed by atoms with van der Waals surface area (Å²) in [6, 6.07) is 25.7. The number of benzene rings is 4. The molecule has 46 heavy (non-hydrogen) atoms. The molecule has 0 spiro atoms. The Bertz CT molecular complexity index is 1800. The first-order valence-corrected chi connectivity index (χ1v) is 14.7. The second-order valence-corrected chi connectivity index (χ2v) is 10.4. The lowest BCUT2D eigenvalue weighted by atomic mass is 10.1. The van der Waals surface area contributed by atoms with E-state index >= 15 is 0 Å². The SMILES string of the molecule is CCOc1cc(/C=C2/C(=O)NC(=O)N(c3ccc(OCc4ccccc4)cc3)C2=O)ccc1OCC(=O)Nc1cccc(C)c1C. The predicted octanol–water partition coefficient (Wildman–Crippen LogP) is 5.97. The minimum Gasteiger partial charge on any atom is -0.490 e. The first-order valence-electron chi connectivity index (χ1n) is 14.7. The summed E-state index contributed by atoms with van der Waals surface area (Å²) in [5, 5.41) is 5.08. The fraction of sp³-hybridized carbons (Fsp3) is 0.167. The van der Waals surface area contributed by atoms with Crippen molar-refractivity contribution in [3.8, 4) is 17.2 Å². The van der Waals surface area contributed by atoms with Crippen molar-refractivity contribution >= 4 is 41.2 Å². The van der Waals surface area contributed by atoms with Crippen LogP contribution in [0, 0.1) is 13.8 Å². The maximum Gasteiger partial charge on any atom is 0.335 e. The first-order chi connectivity index (χ1) is 22.2. The number of nitrogens with one attached hydrogen (secondary N) is 2. The monoisotopic (exact) mass is 619 g/mol. The van der Waals surface area contributed by atoms with E-state index in [9.17, 15) is 19.2 Å². The molecular weight excluding hydrogens is 586 g/mol. The Kier molecular flexibility index (Phi) is 9.77. The highest BCUT2D eigenvalue weighted by Crippen LogP contribution is 2.31. The van der Waals surface area contributed by atoms with Gasteiger partial charge in [0.2, 0.25) is 0 Å². The second-order valence-electron chi connectivity index (χ2n) is 10.4. The van der Waals surface area contributed by atoms with Crippen LogP contribution in [0.25, 0.3) is 6.08 Å². The van der Waals surface area contributed by atoms with Gasteiger partial charge in [0.1, 0.15) is 17.9 Å². The Morgan fingerprint density at radius 1 is 0.848 bits per heavy atom. The van der Waals surface area contributed by atoms with Crippen molar-refractivity contribution in [2.24, 2.45) is 0 Å². The van der Waals surface area contributed by atoms with Crippen molar-refractivity contribution in [2.75, 3.05) is 23.4 Å². The summed E-state index contributed by atoms with van der Waals surface area (Å²) < 4.78 is 17.3. The van der Waals surface area contributed by atoms with Crippen LogP contribution >= 0.6 is 0 Å². The highest BCUT2D eigenvalue weighted by molar-refractivity contribution is 6.39. The minimum atomic E-state index is -0.858. The summed E-state index contributed by atoms with van der Waals surface area (Å²) in [7, 11) is 0. The first kappa shape index (κ1) is 31.5. The maximum absolute atomic E-state index is 13.4. The van der Waals surface area contributed by atoms with Gasteiger partial charge in [-0.3, -0.25) is 19.7 Å². The van der Waals surface area contributed by atoms with Gasteiger partial charge in [-0.05, 0) is 91.6 Å². The van der Waals surface area contributed by atoms with Crippen LogP contribution in [-0.2, 0) is 21.0 Å². The molecule has 0 bridgehead atoms. The molecule has 0 saturated carbocycles. The molecule has 0 aliphatic carbocycles. The highest BCUT2D eigenvalue weighted by atomic mass is 16.5. The highest BCUT2D eigenvalue weighted by Gasteiger charge is 2.36. The third-order valence-electron chi connectivity index (χ3n) is 7.26. The van der Waals surface area contributed by atoms with E-state index in [4.69, 9.17) is 14.2 Å². The number of ether oxygens (including phenoxy) is 3. The Morgan fingerprint density at radius 3 is 2.35 bits per heavy atom. The zero-order chi connectivity index (χ0) is 32.6. The molecule has 4 aromatic carbocycles. The van der Waals surface area contributed by atoms with Crippen molar-refractivity contribution in [3.05, 3.63) is 119 Å². The molecule has 0 unspecified atom stereocenters. The molecule has 0 radical (unpaired) electrons. The van der Waals surface area contributed by atoms with E-state index in [0.717, 1.165) is 21.6 Å². The van der Waals surface area contributed by atoms with Crippen molar-refractivity contribution < 1.29 is 33.4 Å². The topological polar surface area (TPSA) is 123 Å². The average Bonchev–Trinajstić information content (AvgIpc) is 3.05. The number of imide groups is 2. The van der Waals surface area contributed by atoms with E-state index in [2.05, 4.69) is 10.6 Å². The van der Waals surface area contributed by atoms with Gasteiger partial charge in [0.15, 0.2) is 18.1 Å². The van der Waals surface area contributed by atoms with Crippen LogP contribution in [0.4, 0.5) is 16.2 Å². The van der Waals surface area contributed by atoms with E-state index in [0.29, 0.717) is 41.7 Å². The van der Waals surface area contributed by atoms with E-state index in [1.165, 1.54) is 6.08 Å². The number of anilines is 2.